The predicted octanol–water partition coefficient (Wildman–Crippen LogP) is 9.05. The molecule has 0 saturated heterocycles. The third-order valence-corrected chi connectivity index (χ3v) is 9.80. The molecule has 0 bridgehead atoms. The van der Waals surface area contributed by atoms with Gasteiger partial charge in [-0.3, -0.25) is 18.6 Å². The Morgan fingerprint density at radius 3 is 1.70 bits per heavy atom. The van der Waals surface area contributed by atoms with Crippen LogP contribution in [0.2, 0.25) is 0 Å². The van der Waals surface area contributed by atoms with Crippen molar-refractivity contribution >= 4 is 19.8 Å². The molecule has 1 unspecified atom stereocenters. The van der Waals surface area contributed by atoms with Crippen molar-refractivity contribution in [1.29, 1.82) is 0 Å². The van der Waals surface area contributed by atoms with Gasteiger partial charge in [-0.15, -0.1) is 0 Å². The van der Waals surface area contributed by atoms with Crippen molar-refractivity contribution in [3.05, 3.63) is 60.8 Å². The molecule has 57 heavy (non-hydrogen) atoms. The van der Waals surface area contributed by atoms with E-state index < -0.39 is 70.6 Å². The zero-order valence-corrected chi connectivity index (χ0v) is 35.9. The topological polar surface area (TPSA) is 189 Å². The first kappa shape index (κ1) is 54.6. The molecule has 0 aliphatic heterocycles. The highest BCUT2D eigenvalue weighted by Gasteiger charge is 2.27. The molecule has 12 nitrogen and oxygen atoms in total. The van der Waals surface area contributed by atoms with Crippen molar-refractivity contribution in [2.75, 3.05) is 26.4 Å². The summed E-state index contributed by atoms with van der Waals surface area (Å²) >= 11 is 0. The fourth-order valence-electron chi connectivity index (χ4n) is 5.44. The van der Waals surface area contributed by atoms with E-state index >= 15 is 0 Å². The molecule has 0 spiro atoms. The lowest BCUT2D eigenvalue weighted by atomic mass is 10.1. The third kappa shape index (κ3) is 38.9. The molecule has 13 heteroatoms. The number of carbonyl (C=O) groups excluding carboxylic acids is 2. The van der Waals surface area contributed by atoms with Crippen LogP contribution in [0.4, 0.5) is 0 Å². The molecule has 0 rings (SSSR count). The van der Waals surface area contributed by atoms with Gasteiger partial charge in [-0.25, -0.2) is 4.57 Å². The van der Waals surface area contributed by atoms with Crippen LogP contribution in [0.15, 0.2) is 60.8 Å². The number of hydrogen-bond donors (Lipinski definition) is 5. The number of carbonyl (C=O) groups is 2. The number of phosphoric acid groups is 1. The second kappa shape index (κ2) is 39.1. The summed E-state index contributed by atoms with van der Waals surface area (Å²) in [6.45, 7) is 1.99. The van der Waals surface area contributed by atoms with E-state index in [0.717, 1.165) is 64.2 Å². The van der Waals surface area contributed by atoms with Gasteiger partial charge in [-0.05, 0) is 57.8 Å². The molecule has 0 aromatic carbocycles. The summed E-state index contributed by atoms with van der Waals surface area (Å²) in [7, 11) is -4.68. The molecule has 0 heterocycles. The van der Waals surface area contributed by atoms with Gasteiger partial charge in [0.05, 0.1) is 32.0 Å². The van der Waals surface area contributed by atoms with Crippen LogP contribution in [-0.2, 0) is 32.7 Å². The van der Waals surface area contributed by atoms with Crippen LogP contribution in [0.3, 0.4) is 0 Å². The first-order valence-corrected chi connectivity index (χ1v) is 23.0. The highest BCUT2D eigenvalue weighted by Crippen LogP contribution is 2.43. The lowest BCUT2D eigenvalue weighted by Crippen LogP contribution is -2.30. The van der Waals surface area contributed by atoms with E-state index in [0.29, 0.717) is 25.7 Å². The van der Waals surface area contributed by atoms with Gasteiger partial charge >= 0.3 is 19.8 Å². The SMILES string of the molecule is CCCCCCCC/C=C\CCCCCCCC(=O)O[C@H](COC(=O)CCC[C@@H](O)/C=C/C=C\C/C=C\C=C\[C@@H](O)CCCCC)COP(=O)(O)OC[C@@H](O)CO. The number of esters is 2. The lowest BCUT2D eigenvalue weighted by Gasteiger charge is -2.20. The minimum absolute atomic E-state index is 0.0105. The van der Waals surface area contributed by atoms with E-state index in [1.807, 2.05) is 30.4 Å². The maximum absolute atomic E-state index is 12.6. The van der Waals surface area contributed by atoms with E-state index in [9.17, 15) is 34.4 Å². The molecular formula is C44H77O12P. The van der Waals surface area contributed by atoms with Crippen LogP contribution >= 0.6 is 7.82 Å². The highest BCUT2D eigenvalue weighted by atomic mass is 31.2. The number of aliphatic hydroxyl groups is 4. The molecule has 0 aliphatic carbocycles. The smallest absolute Gasteiger partial charge is 0.462 e. The molecule has 0 fully saturated rings. The molecular weight excluding hydrogens is 751 g/mol. The van der Waals surface area contributed by atoms with Gasteiger partial charge in [0.2, 0.25) is 0 Å². The van der Waals surface area contributed by atoms with E-state index in [2.05, 4.69) is 30.5 Å². The normalized spacial score (nSPS) is 15.6. The van der Waals surface area contributed by atoms with Gasteiger partial charge in [0.15, 0.2) is 6.10 Å². The molecule has 330 valence electrons. The van der Waals surface area contributed by atoms with Gasteiger partial charge in [-0.2, -0.15) is 0 Å². The standard InChI is InChI=1S/C44H77O12P/c1-3-5-7-8-9-10-11-12-13-14-15-16-20-23-27-33-44(50)56-42(38-55-57(51,52)54-36-41(48)35-45)37-53-43(49)34-28-32-40(47)31-26-22-19-17-18-21-25-30-39(46)29-24-6-4-2/h12-13,18-19,21-22,25-26,30-31,39-42,45-48H,3-11,14-17,20,23-24,27-29,32-38H2,1-2H3,(H,51,52)/b13-12-,21-18-,22-19-,30-25+,31-26+/t39-,40-,41-,42+/m0/s1. The van der Waals surface area contributed by atoms with Gasteiger partial charge in [0.25, 0.3) is 0 Å². The van der Waals surface area contributed by atoms with E-state index in [4.69, 9.17) is 19.1 Å². The summed E-state index contributed by atoms with van der Waals surface area (Å²) in [5, 5.41) is 38.4. The zero-order chi connectivity index (χ0) is 42.2. The number of aliphatic hydroxyl groups excluding tert-OH is 4. The predicted molar refractivity (Wildman–Crippen MR) is 226 cm³/mol. The van der Waals surface area contributed by atoms with Crippen molar-refractivity contribution in [2.24, 2.45) is 0 Å². The van der Waals surface area contributed by atoms with Crippen LogP contribution in [0.25, 0.3) is 0 Å². The summed E-state index contributed by atoms with van der Waals surface area (Å²) < 4.78 is 32.5. The van der Waals surface area contributed by atoms with E-state index in [-0.39, 0.29) is 12.8 Å². The minimum Gasteiger partial charge on any atom is -0.462 e. The molecule has 0 radical (unpaired) electrons. The van der Waals surface area contributed by atoms with Crippen LogP contribution < -0.4 is 0 Å². The monoisotopic (exact) mass is 829 g/mol. The Kier molecular flexibility index (Phi) is 37.4. The van der Waals surface area contributed by atoms with Crippen LogP contribution in [0.5, 0.6) is 0 Å². The quantitative estimate of drug-likeness (QED) is 0.0130. The average molecular weight is 829 g/mol. The minimum atomic E-state index is -4.68. The van der Waals surface area contributed by atoms with Crippen LogP contribution in [0.1, 0.15) is 155 Å². The van der Waals surface area contributed by atoms with Gasteiger partial charge < -0.3 is 34.8 Å². The number of phosphoric ester groups is 1. The maximum atomic E-state index is 12.6. The molecule has 0 aromatic heterocycles. The second-order valence-corrected chi connectivity index (χ2v) is 15.9. The average Bonchev–Trinajstić information content (AvgIpc) is 3.18. The third-order valence-electron chi connectivity index (χ3n) is 8.85. The lowest BCUT2D eigenvalue weighted by molar-refractivity contribution is -0.161. The highest BCUT2D eigenvalue weighted by molar-refractivity contribution is 7.47. The Bertz CT molecular complexity index is 1170. The van der Waals surface area contributed by atoms with Crippen molar-refractivity contribution in [2.45, 2.75) is 180 Å². The molecule has 0 aliphatic rings. The van der Waals surface area contributed by atoms with Crippen molar-refractivity contribution in [3.63, 3.8) is 0 Å². The maximum Gasteiger partial charge on any atom is 0.472 e. The Labute approximate surface area is 343 Å². The van der Waals surface area contributed by atoms with Crippen LogP contribution in [0, 0.1) is 0 Å². The van der Waals surface area contributed by atoms with Crippen molar-refractivity contribution in [3.8, 4) is 0 Å². The molecule has 0 aromatic rings. The summed E-state index contributed by atoms with van der Waals surface area (Å²) in [4.78, 5) is 35.0. The number of allylic oxidation sites excluding steroid dienone is 8. The number of rotatable bonds is 39. The van der Waals surface area contributed by atoms with Gasteiger partial charge in [0, 0.05) is 12.8 Å². The Morgan fingerprint density at radius 1 is 0.596 bits per heavy atom. The fourth-order valence-corrected chi connectivity index (χ4v) is 6.23. The molecule has 0 amide bonds. The Hall–Kier alpha value is -2.41. The molecule has 5 atom stereocenters. The fraction of sp³-hybridized carbons (Fsp3) is 0.727. The number of hydrogen-bond acceptors (Lipinski definition) is 11. The summed E-state index contributed by atoms with van der Waals surface area (Å²) in [5.41, 5.74) is 0. The first-order chi connectivity index (χ1) is 27.5. The van der Waals surface area contributed by atoms with Gasteiger partial charge in [-0.1, -0.05) is 145 Å². The van der Waals surface area contributed by atoms with Crippen molar-refractivity contribution < 1.29 is 58.0 Å². The zero-order valence-electron chi connectivity index (χ0n) is 35.0. The summed E-state index contributed by atoms with van der Waals surface area (Å²) in [6, 6.07) is 0. The summed E-state index contributed by atoms with van der Waals surface area (Å²) in [6.07, 6.45) is 35.4. The molecule has 5 N–H and O–H groups in total. The van der Waals surface area contributed by atoms with E-state index in [1.165, 1.54) is 38.5 Å². The first-order valence-electron chi connectivity index (χ1n) is 21.5. The molecule has 0 saturated carbocycles. The number of ether oxygens (including phenoxy) is 2. The summed E-state index contributed by atoms with van der Waals surface area (Å²) in [5.74, 6) is -1.17. The number of unbranched alkanes of at least 4 members (excludes halogenated alkanes) is 13. The second-order valence-electron chi connectivity index (χ2n) is 14.4. The van der Waals surface area contributed by atoms with Gasteiger partial charge in [0.1, 0.15) is 12.7 Å². The van der Waals surface area contributed by atoms with E-state index in [1.54, 1.807) is 18.2 Å². The Morgan fingerprint density at radius 2 is 1.11 bits per heavy atom. The Balaban J connectivity index is 4.56. The van der Waals surface area contributed by atoms with Crippen molar-refractivity contribution in [1.82, 2.24) is 0 Å². The largest absolute Gasteiger partial charge is 0.472 e. The van der Waals surface area contributed by atoms with Crippen LogP contribution in [-0.4, -0.2) is 88.1 Å².